The van der Waals surface area contributed by atoms with E-state index in [4.69, 9.17) is 16.7 Å². The van der Waals surface area contributed by atoms with Crippen molar-refractivity contribution in [2.45, 2.75) is 74.0 Å². The normalized spacial score (nSPS) is 18.5. The first kappa shape index (κ1) is 33.6. The molecule has 4 rings (SSSR count). The summed E-state index contributed by atoms with van der Waals surface area (Å²) in [4.78, 5) is 17.2. The summed E-state index contributed by atoms with van der Waals surface area (Å²) >= 11 is 6.62. The minimum atomic E-state index is -4.41. The monoisotopic (exact) mass is 662 g/mol. The van der Waals surface area contributed by atoms with Crippen LogP contribution in [0, 0.1) is 0 Å². The summed E-state index contributed by atoms with van der Waals surface area (Å²) in [7, 11) is -8.78. The predicted octanol–water partition coefficient (Wildman–Crippen LogP) is 6.55. The second-order valence-electron chi connectivity index (χ2n) is 11.8. The van der Waals surface area contributed by atoms with Crippen molar-refractivity contribution in [3.05, 3.63) is 82.6 Å². The van der Waals surface area contributed by atoms with Gasteiger partial charge in [0.25, 0.3) is 20.2 Å². The second-order valence-corrected chi connectivity index (χ2v) is 15.1. The van der Waals surface area contributed by atoms with Gasteiger partial charge in [0.05, 0.1) is 21.2 Å². The lowest BCUT2D eigenvalue weighted by Crippen LogP contribution is -2.27. The third kappa shape index (κ3) is 7.00. The number of carboxylic acid groups (broad SMARTS) is 1. The zero-order valence-electron chi connectivity index (χ0n) is 24.8. The molecule has 236 valence electrons. The summed E-state index contributed by atoms with van der Waals surface area (Å²) in [6, 6.07) is 8.76. The number of carboxylic acids is 1. The number of aliphatic carboxylic acids is 1. The molecule has 2 aliphatic heterocycles. The van der Waals surface area contributed by atoms with E-state index in [2.05, 4.69) is 9.89 Å². The first-order valence-corrected chi connectivity index (χ1v) is 17.2. The third-order valence-corrected chi connectivity index (χ3v) is 10.0. The number of halogens is 1. The van der Waals surface area contributed by atoms with E-state index in [0.29, 0.717) is 53.4 Å². The van der Waals surface area contributed by atoms with Crippen LogP contribution >= 0.6 is 11.6 Å². The Morgan fingerprint density at radius 3 is 2.14 bits per heavy atom. The number of unbranched alkanes of at least 4 members (excludes halogenated alkanes) is 2. The molecule has 2 aliphatic rings. The number of nitrogens with zero attached hydrogens (tertiary/aromatic N) is 2. The quantitative estimate of drug-likeness (QED) is 0.138. The van der Waals surface area contributed by atoms with E-state index in [1.807, 2.05) is 33.8 Å². The van der Waals surface area contributed by atoms with Crippen LogP contribution in [0.4, 0.5) is 11.4 Å². The van der Waals surface area contributed by atoms with E-state index in [1.165, 1.54) is 24.3 Å². The number of anilines is 1. The second kappa shape index (κ2) is 12.2. The van der Waals surface area contributed by atoms with Gasteiger partial charge in [-0.1, -0.05) is 45.7 Å². The number of benzene rings is 2. The van der Waals surface area contributed by atoms with Crippen LogP contribution < -0.4 is 4.90 Å². The molecule has 0 saturated heterocycles. The van der Waals surface area contributed by atoms with Crippen molar-refractivity contribution in [3.63, 3.8) is 0 Å². The standard InChI is InChI=1S/C31H35ClN2O8S2/c1-30(2)23-18-21(43(37,38)39)11-13-25(23)33-27(30)15-9-20(32)10-16-28-31(3,4)24-19-22(44(40,41)42)12-14-26(24)34(28)17-7-5-6-8-29(35)36/h9-16,18-19H,5-8,17H2,1-4H3,(H,35,36)(H,37,38,39)(H,40,41,42)/b15-9+,20-10-,28-16+. The van der Waals surface area contributed by atoms with Crippen molar-refractivity contribution in [1.82, 2.24) is 0 Å². The molecule has 0 saturated carbocycles. The van der Waals surface area contributed by atoms with Gasteiger partial charge >= 0.3 is 5.97 Å². The summed E-state index contributed by atoms with van der Waals surface area (Å²) < 4.78 is 66.2. The lowest BCUT2D eigenvalue weighted by molar-refractivity contribution is -0.137. The average molecular weight is 663 g/mol. The van der Waals surface area contributed by atoms with Gasteiger partial charge in [0.1, 0.15) is 0 Å². The fraction of sp³-hybridized carbons (Fsp3) is 0.355. The summed E-state index contributed by atoms with van der Waals surface area (Å²) in [6.45, 7) is 8.23. The molecule has 0 spiro atoms. The molecule has 2 aromatic carbocycles. The Morgan fingerprint density at radius 2 is 1.52 bits per heavy atom. The lowest BCUT2D eigenvalue weighted by Gasteiger charge is -2.27. The Morgan fingerprint density at radius 1 is 0.909 bits per heavy atom. The van der Waals surface area contributed by atoms with E-state index < -0.39 is 37.0 Å². The number of fused-ring (bicyclic) bond motifs is 2. The molecular formula is C31H35ClN2O8S2. The van der Waals surface area contributed by atoms with Gasteiger partial charge in [0.2, 0.25) is 0 Å². The van der Waals surface area contributed by atoms with Gasteiger partial charge < -0.3 is 10.0 Å². The Kier molecular flexibility index (Phi) is 9.35. The molecule has 10 nitrogen and oxygen atoms in total. The zero-order valence-corrected chi connectivity index (χ0v) is 27.2. The van der Waals surface area contributed by atoms with Crippen LogP contribution in [0.2, 0.25) is 0 Å². The maximum Gasteiger partial charge on any atom is 0.303 e. The van der Waals surface area contributed by atoms with Gasteiger partial charge in [-0.25, -0.2) is 0 Å². The Labute approximate surface area is 263 Å². The number of aliphatic imine (C=N–C) groups is 1. The molecule has 0 bridgehead atoms. The van der Waals surface area contributed by atoms with Crippen molar-refractivity contribution < 1.29 is 35.8 Å². The van der Waals surface area contributed by atoms with Gasteiger partial charge in [-0.2, -0.15) is 16.8 Å². The van der Waals surface area contributed by atoms with Crippen molar-refractivity contribution >= 4 is 54.9 Å². The topological polar surface area (TPSA) is 162 Å². The smallest absolute Gasteiger partial charge is 0.303 e. The van der Waals surface area contributed by atoms with Crippen molar-refractivity contribution in [1.29, 1.82) is 0 Å². The van der Waals surface area contributed by atoms with Crippen LogP contribution in [0.5, 0.6) is 0 Å². The fourth-order valence-electron chi connectivity index (χ4n) is 5.58. The third-order valence-electron chi connectivity index (χ3n) is 8.05. The molecule has 2 heterocycles. The maximum atomic E-state index is 11.9. The molecule has 13 heteroatoms. The van der Waals surface area contributed by atoms with Crippen LogP contribution in [0.25, 0.3) is 0 Å². The summed E-state index contributed by atoms with van der Waals surface area (Å²) in [5.41, 5.74) is 2.94. The van der Waals surface area contributed by atoms with Gasteiger partial charge in [0.15, 0.2) is 0 Å². The molecule has 44 heavy (non-hydrogen) atoms. The van der Waals surface area contributed by atoms with Crippen LogP contribution in [-0.4, -0.2) is 49.3 Å². The van der Waals surface area contributed by atoms with E-state index in [0.717, 1.165) is 11.4 Å². The molecule has 0 aliphatic carbocycles. The van der Waals surface area contributed by atoms with Gasteiger partial charge in [-0.3, -0.25) is 18.9 Å². The van der Waals surface area contributed by atoms with E-state index in [-0.39, 0.29) is 16.2 Å². The molecule has 2 aromatic rings. The maximum absolute atomic E-state index is 11.9. The molecule has 0 unspecified atom stereocenters. The SMILES string of the molecule is CC1(C)C(/C=C/C(Cl)=C/C=C2/N(CCCCCC(=O)O)c3ccc(S(=O)(=O)O)cc3C2(C)C)=Nc2ccc(S(=O)(=O)O)cc21. The van der Waals surface area contributed by atoms with E-state index in [1.54, 1.807) is 30.4 Å². The molecule has 0 aromatic heterocycles. The summed E-state index contributed by atoms with van der Waals surface area (Å²) in [5.74, 6) is -0.845. The molecule has 0 fully saturated rings. The molecule has 0 amide bonds. The van der Waals surface area contributed by atoms with Crippen LogP contribution in [0.15, 0.2) is 86.2 Å². The Balaban J connectivity index is 1.62. The highest BCUT2D eigenvalue weighted by Crippen LogP contribution is 2.49. The summed E-state index contributed by atoms with van der Waals surface area (Å²) in [6.07, 6.45) is 9.01. The number of carbonyl (C=O) groups is 1. The van der Waals surface area contributed by atoms with E-state index >= 15 is 0 Å². The number of hydrogen-bond acceptors (Lipinski definition) is 7. The van der Waals surface area contributed by atoms with Crippen molar-refractivity contribution in [2.75, 3.05) is 11.4 Å². The molecule has 3 N–H and O–H groups in total. The number of rotatable bonds is 11. The van der Waals surface area contributed by atoms with Gasteiger partial charge in [-0.15, -0.1) is 0 Å². The lowest BCUT2D eigenvalue weighted by atomic mass is 9.81. The minimum Gasteiger partial charge on any atom is -0.481 e. The largest absolute Gasteiger partial charge is 0.481 e. The van der Waals surface area contributed by atoms with Crippen LogP contribution in [-0.2, 0) is 35.9 Å². The van der Waals surface area contributed by atoms with Crippen LogP contribution in [0.1, 0.15) is 64.5 Å². The first-order chi connectivity index (χ1) is 20.3. The van der Waals surface area contributed by atoms with E-state index in [9.17, 15) is 30.7 Å². The minimum absolute atomic E-state index is 0.0854. The predicted molar refractivity (Wildman–Crippen MR) is 170 cm³/mol. The molecule has 0 radical (unpaired) electrons. The fourth-order valence-corrected chi connectivity index (χ4v) is 6.72. The average Bonchev–Trinajstić information content (AvgIpc) is 3.29. The zero-order chi connectivity index (χ0) is 32.7. The van der Waals surface area contributed by atoms with Crippen molar-refractivity contribution in [2.24, 2.45) is 4.99 Å². The Bertz CT molecular complexity index is 1840. The van der Waals surface area contributed by atoms with Crippen LogP contribution in [0.3, 0.4) is 0 Å². The van der Waals surface area contributed by atoms with Crippen molar-refractivity contribution in [3.8, 4) is 0 Å². The first-order valence-electron chi connectivity index (χ1n) is 13.9. The highest BCUT2D eigenvalue weighted by Gasteiger charge is 2.40. The Hall–Kier alpha value is -3.29. The highest BCUT2D eigenvalue weighted by molar-refractivity contribution is 7.86. The molecular weight excluding hydrogens is 628 g/mol. The van der Waals surface area contributed by atoms with Gasteiger partial charge in [-0.05, 0) is 84.7 Å². The number of hydrogen-bond donors (Lipinski definition) is 3. The number of allylic oxidation sites excluding steroid dienone is 6. The van der Waals surface area contributed by atoms with Gasteiger partial charge in [0, 0.05) is 40.2 Å². The summed E-state index contributed by atoms with van der Waals surface area (Å²) in [5, 5.41) is 9.33. The molecule has 0 atom stereocenters. The highest BCUT2D eigenvalue weighted by atomic mass is 35.5.